The molecule has 0 fully saturated rings. The minimum absolute atomic E-state index is 0.0685. The van der Waals surface area contributed by atoms with E-state index >= 15 is 0 Å². The molecule has 1 amide bonds. The summed E-state index contributed by atoms with van der Waals surface area (Å²) in [6.45, 7) is 2.05. The molecular formula is C21H20FN3O4. The number of hydrogen-bond donors (Lipinski definition) is 1. The Balaban J connectivity index is 2.01. The number of aryl methyl sites for hydroxylation is 1. The number of carbonyl (C=O) groups is 2. The van der Waals surface area contributed by atoms with Crippen molar-refractivity contribution in [1.82, 2.24) is 15.1 Å². The maximum absolute atomic E-state index is 13.3. The highest BCUT2D eigenvalue weighted by atomic mass is 19.1. The number of carbonyl (C=O) groups excluding carboxylic acids is 2. The summed E-state index contributed by atoms with van der Waals surface area (Å²) in [6.07, 6.45) is -0.140. The molecule has 0 aliphatic heterocycles. The van der Waals surface area contributed by atoms with Crippen molar-refractivity contribution in [3.63, 3.8) is 0 Å². The highest BCUT2D eigenvalue weighted by Gasteiger charge is 2.23. The average Bonchev–Trinajstić information content (AvgIpc) is 2.74. The number of nitrogens with zero attached hydrogens (tertiary/aromatic N) is 2. The van der Waals surface area contributed by atoms with Gasteiger partial charge >= 0.3 is 5.97 Å². The van der Waals surface area contributed by atoms with Crippen LogP contribution in [0.25, 0.3) is 10.8 Å². The minimum Gasteiger partial charge on any atom is -0.469 e. The SMILES string of the molecule is CCn1nc(C(=O)N[C@@H](CC(=O)OC)c2ccc(F)cc2)c2ccccc2c1=O. The second-order valence-corrected chi connectivity index (χ2v) is 6.37. The first-order valence-corrected chi connectivity index (χ1v) is 9.07. The van der Waals surface area contributed by atoms with Gasteiger partial charge in [-0.05, 0) is 30.7 Å². The van der Waals surface area contributed by atoms with Gasteiger partial charge in [0.1, 0.15) is 5.82 Å². The van der Waals surface area contributed by atoms with E-state index in [0.29, 0.717) is 22.9 Å². The molecule has 0 bridgehead atoms. The van der Waals surface area contributed by atoms with Crippen molar-refractivity contribution in [2.24, 2.45) is 0 Å². The molecule has 1 aromatic heterocycles. The van der Waals surface area contributed by atoms with Crippen molar-refractivity contribution in [3.05, 3.63) is 76.0 Å². The smallest absolute Gasteiger partial charge is 0.307 e. The fourth-order valence-electron chi connectivity index (χ4n) is 3.04. The molecule has 3 rings (SSSR count). The van der Waals surface area contributed by atoms with Crippen LogP contribution in [0.5, 0.6) is 0 Å². The Labute approximate surface area is 166 Å². The van der Waals surface area contributed by atoms with Gasteiger partial charge in [-0.2, -0.15) is 5.10 Å². The van der Waals surface area contributed by atoms with E-state index in [1.165, 1.54) is 36.1 Å². The first-order chi connectivity index (χ1) is 13.9. The largest absolute Gasteiger partial charge is 0.469 e. The van der Waals surface area contributed by atoms with Crippen LogP contribution in [0.4, 0.5) is 4.39 Å². The molecule has 0 unspecified atom stereocenters. The van der Waals surface area contributed by atoms with E-state index in [9.17, 15) is 18.8 Å². The summed E-state index contributed by atoms with van der Waals surface area (Å²) in [7, 11) is 1.25. The zero-order chi connectivity index (χ0) is 21.0. The molecule has 0 radical (unpaired) electrons. The third-order valence-corrected chi connectivity index (χ3v) is 4.56. The molecule has 0 saturated carbocycles. The van der Waals surface area contributed by atoms with E-state index < -0.39 is 23.7 Å². The van der Waals surface area contributed by atoms with Crippen molar-refractivity contribution in [2.75, 3.05) is 7.11 Å². The maximum atomic E-state index is 13.3. The number of methoxy groups -OCH3 is 1. The fraction of sp³-hybridized carbons (Fsp3) is 0.238. The lowest BCUT2D eigenvalue weighted by atomic mass is 10.0. The van der Waals surface area contributed by atoms with E-state index in [0.717, 1.165) is 0 Å². The lowest BCUT2D eigenvalue weighted by molar-refractivity contribution is -0.141. The fourth-order valence-corrected chi connectivity index (χ4v) is 3.04. The predicted molar refractivity (Wildman–Crippen MR) is 105 cm³/mol. The van der Waals surface area contributed by atoms with Gasteiger partial charge in [-0.15, -0.1) is 0 Å². The number of esters is 1. The highest BCUT2D eigenvalue weighted by Crippen LogP contribution is 2.20. The van der Waals surface area contributed by atoms with Gasteiger partial charge in [0.05, 0.1) is 25.0 Å². The molecule has 150 valence electrons. The van der Waals surface area contributed by atoms with E-state index in [1.807, 2.05) is 0 Å². The minimum atomic E-state index is -0.752. The standard InChI is InChI=1S/C21H20FN3O4/c1-3-25-21(28)16-7-5-4-6-15(16)19(24-25)20(27)23-17(12-18(26)29-2)13-8-10-14(22)11-9-13/h4-11,17H,3,12H2,1-2H3,(H,23,27)/t17-/m0/s1. The summed E-state index contributed by atoms with van der Waals surface area (Å²) in [6, 6.07) is 11.4. The van der Waals surface area contributed by atoms with Gasteiger partial charge in [-0.3, -0.25) is 14.4 Å². The number of hydrogen-bond acceptors (Lipinski definition) is 5. The molecule has 0 aliphatic carbocycles. The Hall–Kier alpha value is -3.55. The third kappa shape index (κ3) is 4.31. The number of benzene rings is 2. The second kappa shape index (κ2) is 8.64. The van der Waals surface area contributed by atoms with Crippen LogP contribution in [0.15, 0.2) is 53.3 Å². The predicted octanol–water partition coefficient (Wildman–Crippen LogP) is 2.59. The lowest BCUT2D eigenvalue weighted by Gasteiger charge is -2.19. The monoisotopic (exact) mass is 397 g/mol. The number of nitrogens with one attached hydrogen (secondary N) is 1. The van der Waals surface area contributed by atoms with E-state index in [1.54, 1.807) is 31.2 Å². The summed E-state index contributed by atoms with van der Waals surface area (Å²) in [4.78, 5) is 37.3. The van der Waals surface area contributed by atoms with Crippen LogP contribution < -0.4 is 10.9 Å². The van der Waals surface area contributed by atoms with Crippen LogP contribution in [0.3, 0.4) is 0 Å². The van der Waals surface area contributed by atoms with Gasteiger partial charge in [0.15, 0.2) is 5.69 Å². The summed E-state index contributed by atoms with van der Waals surface area (Å²) in [5.74, 6) is -1.52. The van der Waals surface area contributed by atoms with Gasteiger partial charge < -0.3 is 10.1 Å². The van der Waals surface area contributed by atoms with Gasteiger partial charge in [0.2, 0.25) is 0 Å². The number of rotatable bonds is 6. The van der Waals surface area contributed by atoms with E-state index in [2.05, 4.69) is 10.4 Å². The van der Waals surface area contributed by atoms with Crippen LogP contribution >= 0.6 is 0 Å². The quantitative estimate of drug-likeness (QED) is 0.646. The Kier molecular flexibility index (Phi) is 6.01. The van der Waals surface area contributed by atoms with Crippen LogP contribution in [0.2, 0.25) is 0 Å². The topological polar surface area (TPSA) is 90.3 Å². The molecule has 1 atom stereocenters. The Morgan fingerprint density at radius 3 is 2.41 bits per heavy atom. The van der Waals surface area contributed by atoms with Gasteiger partial charge in [-0.1, -0.05) is 30.3 Å². The number of ether oxygens (including phenoxy) is 1. The zero-order valence-corrected chi connectivity index (χ0v) is 16.0. The van der Waals surface area contributed by atoms with Crippen molar-refractivity contribution < 1.29 is 18.7 Å². The van der Waals surface area contributed by atoms with Crippen molar-refractivity contribution in [3.8, 4) is 0 Å². The highest BCUT2D eigenvalue weighted by molar-refractivity contribution is 6.05. The van der Waals surface area contributed by atoms with Crippen molar-refractivity contribution in [2.45, 2.75) is 25.9 Å². The molecule has 29 heavy (non-hydrogen) atoms. The summed E-state index contributed by atoms with van der Waals surface area (Å²) < 4.78 is 19.2. The summed E-state index contributed by atoms with van der Waals surface area (Å²) >= 11 is 0. The maximum Gasteiger partial charge on any atom is 0.307 e. The van der Waals surface area contributed by atoms with Gasteiger partial charge in [0, 0.05) is 11.9 Å². The van der Waals surface area contributed by atoms with Crippen LogP contribution in [-0.4, -0.2) is 28.8 Å². The van der Waals surface area contributed by atoms with Gasteiger partial charge in [-0.25, -0.2) is 9.07 Å². The first kappa shape index (κ1) is 20.2. The van der Waals surface area contributed by atoms with Gasteiger partial charge in [0.25, 0.3) is 11.5 Å². The molecule has 1 heterocycles. The number of amides is 1. The Morgan fingerprint density at radius 2 is 1.79 bits per heavy atom. The molecule has 0 spiro atoms. The number of aromatic nitrogens is 2. The summed E-state index contributed by atoms with van der Waals surface area (Å²) in [5.41, 5.74) is 0.321. The lowest BCUT2D eigenvalue weighted by Crippen LogP contribution is -2.34. The molecule has 2 aromatic carbocycles. The second-order valence-electron chi connectivity index (χ2n) is 6.37. The molecule has 0 aliphatic rings. The average molecular weight is 397 g/mol. The van der Waals surface area contributed by atoms with E-state index in [4.69, 9.17) is 4.74 Å². The summed E-state index contributed by atoms with van der Waals surface area (Å²) in [5, 5.41) is 7.74. The Bertz CT molecular complexity index is 1110. The molecule has 0 saturated heterocycles. The number of halogens is 1. The van der Waals surface area contributed by atoms with E-state index in [-0.39, 0.29) is 17.7 Å². The van der Waals surface area contributed by atoms with Crippen LogP contribution in [0.1, 0.15) is 35.4 Å². The normalized spacial score (nSPS) is 11.8. The molecule has 7 nitrogen and oxygen atoms in total. The van der Waals surface area contributed by atoms with Crippen LogP contribution in [0, 0.1) is 5.82 Å². The van der Waals surface area contributed by atoms with Crippen molar-refractivity contribution in [1.29, 1.82) is 0 Å². The zero-order valence-electron chi connectivity index (χ0n) is 16.0. The van der Waals surface area contributed by atoms with Crippen molar-refractivity contribution >= 4 is 22.6 Å². The molecule has 8 heteroatoms. The molecular weight excluding hydrogens is 377 g/mol. The molecule has 3 aromatic rings. The first-order valence-electron chi connectivity index (χ1n) is 9.07. The molecule has 1 N–H and O–H groups in total. The third-order valence-electron chi connectivity index (χ3n) is 4.56. The van der Waals surface area contributed by atoms with Crippen LogP contribution in [-0.2, 0) is 16.1 Å². The number of fused-ring (bicyclic) bond motifs is 1. The Morgan fingerprint density at radius 1 is 1.14 bits per heavy atom.